The molecule has 0 amide bonds. The summed E-state index contributed by atoms with van der Waals surface area (Å²) >= 11 is 0. The zero-order valence-corrected chi connectivity index (χ0v) is 9.10. The molecule has 0 saturated heterocycles. The Kier molecular flexibility index (Phi) is 5.24. The summed E-state index contributed by atoms with van der Waals surface area (Å²) in [6.07, 6.45) is 6.87. The summed E-state index contributed by atoms with van der Waals surface area (Å²) in [5.41, 5.74) is 0.998. The first kappa shape index (κ1) is 12.7. The molecule has 0 aliphatic carbocycles. The van der Waals surface area contributed by atoms with E-state index in [1.165, 1.54) is 0 Å². The molecule has 0 aliphatic heterocycles. The quantitative estimate of drug-likeness (QED) is 0.595. The van der Waals surface area contributed by atoms with Crippen LogP contribution in [-0.4, -0.2) is 15.0 Å². The lowest BCUT2D eigenvalue weighted by Crippen LogP contribution is -1.77. The Morgan fingerprint density at radius 3 is 2.12 bits per heavy atom. The number of fused-ring (bicyclic) bond motifs is 1. The van der Waals surface area contributed by atoms with E-state index in [0.717, 1.165) is 10.9 Å². The van der Waals surface area contributed by atoms with E-state index in [-0.39, 0.29) is 4.70 Å². The number of benzene rings is 1. The first-order valence-corrected chi connectivity index (χ1v) is 4.96. The third kappa shape index (κ3) is 3.95. The van der Waals surface area contributed by atoms with Crippen LogP contribution in [0.2, 0.25) is 0 Å². The van der Waals surface area contributed by atoms with E-state index in [9.17, 15) is 0 Å². The molecule has 0 aliphatic rings. The Bertz CT molecular complexity index is 451. The van der Waals surface area contributed by atoms with Gasteiger partial charge in [-0.3, -0.25) is 9.69 Å². The molecule has 0 saturated carbocycles. The van der Waals surface area contributed by atoms with Crippen molar-refractivity contribution >= 4 is 10.9 Å². The van der Waals surface area contributed by atoms with Crippen LogP contribution in [0.15, 0.2) is 67.4 Å². The summed E-state index contributed by atoms with van der Waals surface area (Å²) in [4.78, 5) is 11.8. The second kappa shape index (κ2) is 7.00. The highest BCUT2D eigenvalue weighted by Crippen LogP contribution is 2.06. The average Bonchev–Trinajstić information content (AvgIpc) is 2.42. The summed E-state index contributed by atoms with van der Waals surface area (Å²) in [7, 11) is 0. The van der Waals surface area contributed by atoms with Gasteiger partial charge in [0, 0.05) is 24.0 Å². The van der Waals surface area contributed by atoms with E-state index in [0.29, 0.717) is 0 Å². The van der Waals surface area contributed by atoms with Crippen molar-refractivity contribution in [1.29, 1.82) is 0 Å². The zero-order valence-electron chi connectivity index (χ0n) is 9.10. The third-order valence-electron chi connectivity index (χ3n) is 1.98. The topological polar surface area (TPSA) is 38.7 Å². The molecule has 0 radical (unpaired) electrons. The summed E-state index contributed by atoms with van der Waals surface area (Å²) in [5.74, 6) is 0. The van der Waals surface area contributed by atoms with Gasteiger partial charge in [-0.05, 0) is 18.2 Å². The van der Waals surface area contributed by atoms with Crippen LogP contribution < -0.4 is 0 Å². The molecule has 3 aromatic rings. The van der Waals surface area contributed by atoms with E-state index >= 15 is 0 Å². The number of aromatic nitrogens is 3. The molecule has 2 aromatic heterocycles. The number of hydrogen-bond acceptors (Lipinski definition) is 3. The second-order valence-electron chi connectivity index (χ2n) is 3.11. The SMILES string of the molecule is F.c1ccc2ncncc2c1.c1ccncc1. The highest BCUT2D eigenvalue weighted by Gasteiger charge is 1.87. The molecular weight excluding hydrogens is 217 g/mol. The Labute approximate surface area is 98.6 Å². The van der Waals surface area contributed by atoms with Gasteiger partial charge in [-0.15, -0.1) is 0 Å². The van der Waals surface area contributed by atoms with E-state index in [4.69, 9.17) is 0 Å². The Balaban J connectivity index is 0.000000180. The molecule has 0 spiro atoms. The Morgan fingerprint density at radius 2 is 1.53 bits per heavy atom. The van der Waals surface area contributed by atoms with E-state index < -0.39 is 0 Å². The van der Waals surface area contributed by atoms with Gasteiger partial charge < -0.3 is 0 Å². The highest BCUT2D eigenvalue weighted by molar-refractivity contribution is 5.76. The third-order valence-corrected chi connectivity index (χ3v) is 1.98. The minimum absolute atomic E-state index is 0. The van der Waals surface area contributed by atoms with Crippen molar-refractivity contribution in [2.45, 2.75) is 0 Å². The van der Waals surface area contributed by atoms with Crippen molar-refractivity contribution in [3.05, 3.63) is 67.4 Å². The van der Waals surface area contributed by atoms with Crippen LogP contribution >= 0.6 is 0 Å². The minimum Gasteiger partial charge on any atom is -0.269 e. The van der Waals surface area contributed by atoms with Gasteiger partial charge >= 0.3 is 0 Å². The van der Waals surface area contributed by atoms with E-state index in [2.05, 4.69) is 15.0 Å². The standard InChI is InChI=1S/C8H6N2.C5H5N.FH/c1-2-4-8-7(3-1)5-9-6-10-8;1-2-4-6-5-3-1;/h1-6H;1-5H;1H. The van der Waals surface area contributed by atoms with Crippen molar-refractivity contribution in [1.82, 2.24) is 15.0 Å². The highest BCUT2D eigenvalue weighted by atomic mass is 19.0. The van der Waals surface area contributed by atoms with Gasteiger partial charge in [0.1, 0.15) is 6.33 Å². The van der Waals surface area contributed by atoms with Crippen LogP contribution in [0.4, 0.5) is 4.70 Å². The van der Waals surface area contributed by atoms with Crippen LogP contribution in [-0.2, 0) is 0 Å². The summed E-state index contributed by atoms with van der Waals surface area (Å²) in [6, 6.07) is 13.6. The van der Waals surface area contributed by atoms with Crippen molar-refractivity contribution in [2.24, 2.45) is 0 Å². The molecule has 4 heteroatoms. The molecular formula is C13H12FN3. The van der Waals surface area contributed by atoms with Crippen molar-refractivity contribution in [3.8, 4) is 0 Å². The van der Waals surface area contributed by atoms with Gasteiger partial charge in [0.2, 0.25) is 0 Å². The molecule has 2 heterocycles. The fourth-order valence-corrected chi connectivity index (χ4v) is 1.24. The average molecular weight is 229 g/mol. The molecule has 0 N–H and O–H groups in total. The fraction of sp³-hybridized carbons (Fsp3) is 0. The summed E-state index contributed by atoms with van der Waals surface area (Å²) < 4.78 is 0. The first-order valence-electron chi connectivity index (χ1n) is 4.96. The minimum atomic E-state index is 0. The molecule has 3 nitrogen and oxygen atoms in total. The van der Waals surface area contributed by atoms with Crippen LogP contribution in [0.25, 0.3) is 10.9 Å². The maximum absolute atomic E-state index is 4.07. The first-order chi connectivity index (χ1) is 7.97. The van der Waals surface area contributed by atoms with Gasteiger partial charge in [0.15, 0.2) is 0 Å². The lowest BCUT2D eigenvalue weighted by Gasteiger charge is -1.90. The van der Waals surface area contributed by atoms with Crippen LogP contribution in [0.3, 0.4) is 0 Å². The maximum atomic E-state index is 4.07. The van der Waals surface area contributed by atoms with Crippen molar-refractivity contribution in [3.63, 3.8) is 0 Å². The van der Waals surface area contributed by atoms with Crippen LogP contribution in [0.5, 0.6) is 0 Å². The normalized spacial score (nSPS) is 8.71. The van der Waals surface area contributed by atoms with Crippen LogP contribution in [0, 0.1) is 0 Å². The van der Waals surface area contributed by atoms with E-state index in [1.807, 2.05) is 48.7 Å². The van der Waals surface area contributed by atoms with Crippen molar-refractivity contribution in [2.75, 3.05) is 0 Å². The van der Waals surface area contributed by atoms with Gasteiger partial charge in [-0.2, -0.15) is 0 Å². The molecule has 17 heavy (non-hydrogen) atoms. The number of halogens is 1. The zero-order chi connectivity index (χ0) is 11.1. The summed E-state index contributed by atoms with van der Waals surface area (Å²) in [5, 5.41) is 1.09. The maximum Gasteiger partial charge on any atom is 0.116 e. The number of nitrogens with zero attached hydrogens (tertiary/aromatic N) is 3. The smallest absolute Gasteiger partial charge is 0.116 e. The second-order valence-corrected chi connectivity index (χ2v) is 3.11. The molecule has 1 aromatic carbocycles. The number of pyridine rings is 1. The molecule has 0 bridgehead atoms. The number of hydrogen-bond donors (Lipinski definition) is 0. The Hall–Kier alpha value is -2.36. The van der Waals surface area contributed by atoms with Gasteiger partial charge in [0.05, 0.1) is 5.52 Å². The monoisotopic (exact) mass is 229 g/mol. The predicted molar refractivity (Wildman–Crippen MR) is 66.3 cm³/mol. The fourth-order valence-electron chi connectivity index (χ4n) is 1.24. The molecule has 0 atom stereocenters. The summed E-state index contributed by atoms with van der Waals surface area (Å²) in [6.45, 7) is 0. The van der Waals surface area contributed by atoms with Gasteiger partial charge in [-0.25, -0.2) is 9.97 Å². The molecule has 0 fully saturated rings. The molecule has 0 unspecified atom stereocenters. The molecule has 86 valence electrons. The largest absolute Gasteiger partial charge is 0.269 e. The van der Waals surface area contributed by atoms with Crippen molar-refractivity contribution < 1.29 is 4.70 Å². The van der Waals surface area contributed by atoms with Gasteiger partial charge in [-0.1, -0.05) is 24.3 Å². The number of para-hydroxylation sites is 1. The lowest BCUT2D eigenvalue weighted by molar-refractivity contribution is 1.11. The van der Waals surface area contributed by atoms with Gasteiger partial charge in [0.25, 0.3) is 0 Å². The Morgan fingerprint density at radius 1 is 0.765 bits per heavy atom. The predicted octanol–water partition coefficient (Wildman–Crippen LogP) is 2.86. The number of rotatable bonds is 0. The van der Waals surface area contributed by atoms with E-state index in [1.54, 1.807) is 18.7 Å². The molecule has 3 rings (SSSR count). The lowest BCUT2D eigenvalue weighted by atomic mass is 10.2. The van der Waals surface area contributed by atoms with Crippen LogP contribution in [0.1, 0.15) is 0 Å².